The Bertz CT molecular complexity index is 2660. The van der Waals surface area contributed by atoms with Crippen molar-refractivity contribution in [1.82, 2.24) is 0 Å². The summed E-state index contributed by atoms with van der Waals surface area (Å²) in [5, 5.41) is 61.3. The number of benzene rings is 4. The number of hydrogen-bond donors (Lipinski definition) is 6. The fraction of sp³-hybridized carbons (Fsp3) is 0.150. The third-order valence-corrected chi connectivity index (χ3v) is 9.60. The monoisotopic (exact) mass is 702 g/mol. The van der Waals surface area contributed by atoms with E-state index in [1.165, 1.54) is 48.5 Å². The van der Waals surface area contributed by atoms with Gasteiger partial charge in [-0.15, -0.1) is 0 Å². The molecule has 12 heteroatoms. The Morgan fingerprint density at radius 1 is 0.673 bits per heavy atom. The molecule has 0 aliphatic carbocycles. The van der Waals surface area contributed by atoms with Gasteiger partial charge in [0.1, 0.15) is 68.7 Å². The average Bonchev–Trinajstić information content (AvgIpc) is 3.74. The van der Waals surface area contributed by atoms with Crippen LogP contribution in [0.2, 0.25) is 0 Å². The Labute approximate surface area is 293 Å². The van der Waals surface area contributed by atoms with Crippen molar-refractivity contribution in [3.05, 3.63) is 116 Å². The van der Waals surface area contributed by atoms with E-state index >= 15 is 0 Å². The molecule has 0 amide bonds. The largest absolute Gasteiger partial charge is 0.507 e. The highest BCUT2D eigenvalue weighted by molar-refractivity contribution is 5.89. The van der Waals surface area contributed by atoms with Gasteiger partial charge in [-0.25, -0.2) is 0 Å². The molecule has 2 aliphatic heterocycles. The summed E-state index contributed by atoms with van der Waals surface area (Å²) in [6.45, 7) is 6.09. The third kappa shape index (κ3) is 5.32. The lowest BCUT2D eigenvalue weighted by Crippen LogP contribution is -2.17. The van der Waals surface area contributed by atoms with Crippen LogP contribution in [0.4, 0.5) is 0 Å². The summed E-state index contributed by atoms with van der Waals surface area (Å²) in [6.07, 6.45) is 1.94. The van der Waals surface area contributed by atoms with Gasteiger partial charge < -0.3 is 48.9 Å². The van der Waals surface area contributed by atoms with Gasteiger partial charge in [0.25, 0.3) is 0 Å². The van der Waals surface area contributed by atoms with E-state index in [4.69, 9.17) is 18.3 Å². The zero-order valence-corrected chi connectivity index (χ0v) is 27.5. The lowest BCUT2D eigenvalue weighted by atomic mass is 9.97. The summed E-state index contributed by atoms with van der Waals surface area (Å²) in [4.78, 5) is 26.2. The smallest absolute Gasteiger partial charge is 0.197 e. The van der Waals surface area contributed by atoms with Crippen LogP contribution in [0.15, 0.2) is 103 Å². The third-order valence-electron chi connectivity index (χ3n) is 9.60. The van der Waals surface area contributed by atoms with Gasteiger partial charge in [-0.2, -0.15) is 0 Å². The molecule has 6 N–H and O–H groups in total. The Balaban J connectivity index is 0.995. The molecule has 4 heterocycles. The van der Waals surface area contributed by atoms with E-state index in [0.29, 0.717) is 52.2 Å². The van der Waals surface area contributed by atoms with Crippen molar-refractivity contribution >= 4 is 21.9 Å². The van der Waals surface area contributed by atoms with Crippen LogP contribution in [0.1, 0.15) is 24.5 Å². The molecule has 0 saturated carbocycles. The van der Waals surface area contributed by atoms with Crippen LogP contribution in [0.25, 0.3) is 44.6 Å². The lowest BCUT2D eigenvalue weighted by molar-refractivity contribution is 0.265. The molecule has 52 heavy (non-hydrogen) atoms. The van der Waals surface area contributed by atoms with Crippen LogP contribution in [0.5, 0.6) is 46.0 Å². The van der Waals surface area contributed by atoms with Crippen molar-refractivity contribution in [3.8, 4) is 68.6 Å². The normalized spacial score (nSPS) is 16.4. The number of phenolic OH excluding ortho intramolecular Hbond substituents is 6. The van der Waals surface area contributed by atoms with Crippen LogP contribution in [0.3, 0.4) is 0 Å². The zero-order valence-electron chi connectivity index (χ0n) is 27.5. The molecule has 0 bridgehead atoms. The Kier molecular flexibility index (Phi) is 7.42. The van der Waals surface area contributed by atoms with E-state index in [9.17, 15) is 40.2 Å². The number of fused-ring (bicyclic) bond motifs is 4. The quantitative estimate of drug-likeness (QED) is 0.0797. The molecular formula is C40H30O12. The molecule has 0 fully saturated rings. The van der Waals surface area contributed by atoms with Crippen molar-refractivity contribution < 1.29 is 48.9 Å². The zero-order chi connectivity index (χ0) is 36.6. The van der Waals surface area contributed by atoms with E-state index in [1.54, 1.807) is 12.1 Å². The van der Waals surface area contributed by atoms with Gasteiger partial charge >= 0.3 is 0 Å². The number of phenols is 6. The highest BCUT2D eigenvalue weighted by Crippen LogP contribution is 2.45. The van der Waals surface area contributed by atoms with Crippen molar-refractivity contribution in [1.29, 1.82) is 0 Å². The maximum absolute atomic E-state index is 13.1. The van der Waals surface area contributed by atoms with Crippen LogP contribution >= 0.6 is 0 Å². The maximum atomic E-state index is 13.1. The van der Waals surface area contributed by atoms with Gasteiger partial charge in [-0.1, -0.05) is 12.7 Å². The van der Waals surface area contributed by atoms with Gasteiger partial charge in [-0.05, 0) is 60.9 Å². The van der Waals surface area contributed by atoms with Crippen molar-refractivity contribution in [3.63, 3.8) is 0 Å². The summed E-state index contributed by atoms with van der Waals surface area (Å²) < 4.78 is 24.2. The summed E-state index contributed by atoms with van der Waals surface area (Å²) >= 11 is 0. The molecule has 262 valence electrons. The minimum atomic E-state index is -0.511. The number of hydrogen-bond acceptors (Lipinski definition) is 12. The fourth-order valence-electron chi connectivity index (χ4n) is 6.68. The van der Waals surface area contributed by atoms with Gasteiger partial charge in [-0.3, -0.25) is 9.59 Å². The second-order valence-corrected chi connectivity index (χ2v) is 12.9. The first-order valence-corrected chi connectivity index (χ1v) is 16.2. The number of rotatable bonds is 6. The molecule has 12 nitrogen and oxygen atoms in total. The summed E-state index contributed by atoms with van der Waals surface area (Å²) in [5.74, 6) is -0.880. The van der Waals surface area contributed by atoms with E-state index in [1.807, 2.05) is 13.0 Å². The maximum Gasteiger partial charge on any atom is 0.197 e. The Morgan fingerprint density at radius 3 is 1.62 bits per heavy atom. The molecule has 0 radical (unpaired) electrons. The number of ether oxygens (including phenoxy) is 2. The molecular weight excluding hydrogens is 672 g/mol. The first kappa shape index (κ1) is 32.4. The van der Waals surface area contributed by atoms with Crippen molar-refractivity contribution in [2.45, 2.75) is 38.4 Å². The van der Waals surface area contributed by atoms with E-state index in [-0.39, 0.29) is 74.4 Å². The van der Waals surface area contributed by atoms with E-state index < -0.39 is 23.1 Å². The second kappa shape index (κ2) is 11.9. The molecule has 2 aliphatic rings. The van der Waals surface area contributed by atoms with E-state index in [0.717, 1.165) is 5.57 Å². The molecule has 4 aromatic carbocycles. The minimum Gasteiger partial charge on any atom is -0.507 e. The summed E-state index contributed by atoms with van der Waals surface area (Å²) in [5.41, 5.74) is 2.40. The highest BCUT2D eigenvalue weighted by atomic mass is 16.5. The van der Waals surface area contributed by atoms with Gasteiger partial charge in [0.15, 0.2) is 33.9 Å². The van der Waals surface area contributed by atoms with Crippen molar-refractivity contribution in [2.75, 3.05) is 0 Å². The van der Waals surface area contributed by atoms with Gasteiger partial charge in [0, 0.05) is 59.4 Å². The average molecular weight is 703 g/mol. The number of aromatic hydroxyl groups is 6. The Morgan fingerprint density at radius 2 is 1.13 bits per heavy atom. The number of allylic oxidation sites excluding steroid dienone is 1. The van der Waals surface area contributed by atoms with Gasteiger partial charge in [0.2, 0.25) is 0 Å². The van der Waals surface area contributed by atoms with Crippen LogP contribution < -0.4 is 20.3 Å². The summed E-state index contributed by atoms with van der Waals surface area (Å²) in [6, 6.07) is 13.6. The summed E-state index contributed by atoms with van der Waals surface area (Å²) in [7, 11) is 0. The second-order valence-electron chi connectivity index (χ2n) is 12.9. The molecule has 2 aromatic heterocycles. The molecule has 0 spiro atoms. The van der Waals surface area contributed by atoms with Crippen molar-refractivity contribution in [2.24, 2.45) is 0 Å². The SMILES string of the molecule is C=C(C/C=C(\C)[C@@H]1Cc2c(cc3oc(-c4ccc(O)c(O)c4)cc(=O)c3c2O)O1)[C@@H]1Cc2c(cc3oc(-c4ccc(O)c(O)c4)cc(=O)c3c2O)O1. The molecule has 2 atom stereocenters. The fourth-order valence-corrected chi connectivity index (χ4v) is 6.68. The minimum absolute atomic E-state index is 0.00209. The highest BCUT2D eigenvalue weighted by Gasteiger charge is 2.32. The standard InChI is InChI=1S/C40H30O12/c1-17(29-11-21-33(49-29)15-35-37(39(21)47)27(45)13-31(51-35)19-5-7-23(41)25(43)9-19)3-4-18(2)30-12-22-34(50-30)16-36-38(40(22)48)28(46)14-32(52-36)20-6-8-24(42)26(44)10-20/h4-10,13-16,29-30,41-44,47-48H,1,3,11-12H2,2H3/b18-4+/t29-,30-/m0/s1. The first-order valence-electron chi connectivity index (χ1n) is 16.2. The Hall–Kier alpha value is -6.82. The topological polar surface area (TPSA) is 200 Å². The molecule has 0 unspecified atom stereocenters. The molecule has 6 aromatic rings. The first-order chi connectivity index (χ1) is 24.9. The van der Waals surface area contributed by atoms with E-state index in [2.05, 4.69) is 6.58 Å². The van der Waals surface area contributed by atoms with Crippen LogP contribution in [0, 0.1) is 0 Å². The lowest BCUT2D eigenvalue weighted by Gasteiger charge is -2.15. The predicted octanol–water partition coefficient (Wildman–Crippen LogP) is 6.67. The molecule has 0 saturated heterocycles. The van der Waals surface area contributed by atoms with Crippen LogP contribution in [-0.4, -0.2) is 42.8 Å². The van der Waals surface area contributed by atoms with Crippen LogP contribution in [-0.2, 0) is 12.8 Å². The van der Waals surface area contributed by atoms with Gasteiger partial charge in [0.05, 0.1) is 0 Å². The molecule has 8 rings (SSSR count). The predicted molar refractivity (Wildman–Crippen MR) is 190 cm³/mol.